The Kier molecular flexibility index (Phi) is 7.63. The highest BCUT2D eigenvalue weighted by Gasteiger charge is 2.17. The first-order valence-electron chi connectivity index (χ1n) is 10.0. The van der Waals surface area contributed by atoms with Crippen molar-refractivity contribution in [3.05, 3.63) is 70.6 Å². The van der Waals surface area contributed by atoms with Crippen LogP contribution < -0.4 is 9.47 Å². The molecule has 1 amide bonds. The van der Waals surface area contributed by atoms with Crippen molar-refractivity contribution >= 4 is 17.7 Å². The zero-order valence-electron chi connectivity index (χ0n) is 18.6. The van der Waals surface area contributed by atoms with Crippen molar-refractivity contribution in [3.63, 3.8) is 0 Å². The monoisotopic (exact) mass is 440 g/mol. The van der Waals surface area contributed by atoms with Crippen molar-refractivity contribution in [1.29, 1.82) is 0 Å². The van der Waals surface area contributed by atoms with Gasteiger partial charge in [0, 0.05) is 29.8 Å². The number of aromatic nitrogens is 1. The van der Waals surface area contributed by atoms with Crippen LogP contribution in [0, 0.1) is 13.8 Å². The van der Waals surface area contributed by atoms with Gasteiger partial charge in [-0.1, -0.05) is 23.4 Å². The Bertz CT molecular complexity index is 1030. The van der Waals surface area contributed by atoms with E-state index in [9.17, 15) is 4.79 Å². The zero-order chi connectivity index (χ0) is 22.4. The topological polar surface area (TPSA) is 64.8 Å². The van der Waals surface area contributed by atoms with E-state index < -0.39 is 0 Å². The molecule has 2 aromatic carbocycles. The summed E-state index contributed by atoms with van der Waals surface area (Å²) in [4.78, 5) is 15.8. The van der Waals surface area contributed by atoms with Crippen molar-refractivity contribution in [1.82, 2.24) is 10.1 Å². The van der Waals surface area contributed by atoms with Crippen molar-refractivity contribution in [2.45, 2.75) is 30.9 Å². The number of amides is 1. The van der Waals surface area contributed by atoms with Crippen LogP contribution in [-0.4, -0.2) is 43.8 Å². The summed E-state index contributed by atoms with van der Waals surface area (Å²) in [6.45, 7) is 4.44. The molecule has 6 nitrogen and oxygen atoms in total. The number of likely N-dealkylation sites (N-methyl/N-ethyl adjacent to an activating group) is 1. The fourth-order valence-corrected chi connectivity index (χ4v) is 4.46. The van der Waals surface area contributed by atoms with Gasteiger partial charge in [-0.25, -0.2) is 0 Å². The maximum atomic E-state index is 13.1. The molecule has 3 aromatic rings. The number of carbonyl (C=O) groups is 1. The molecule has 7 heteroatoms. The Hall–Kier alpha value is -2.93. The number of rotatable bonds is 9. The molecule has 0 aliphatic rings. The minimum atomic E-state index is 0.00217. The second-order valence-corrected chi connectivity index (χ2v) is 8.27. The summed E-state index contributed by atoms with van der Waals surface area (Å²) in [5, 5.41) is 4.01. The molecule has 0 aliphatic carbocycles. The van der Waals surface area contributed by atoms with Crippen LogP contribution in [0.25, 0.3) is 0 Å². The molecule has 0 spiro atoms. The van der Waals surface area contributed by atoms with E-state index in [1.165, 1.54) is 0 Å². The average Bonchev–Trinajstić information content (AvgIpc) is 3.12. The SMILES string of the molecule is COc1ccc(CCN(C)C(=O)c2ccccc2SCc2c(C)noc2C)cc1OC. The third kappa shape index (κ3) is 5.41. The summed E-state index contributed by atoms with van der Waals surface area (Å²) in [6.07, 6.45) is 0.719. The lowest BCUT2D eigenvalue weighted by Gasteiger charge is -2.19. The molecular formula is C24H28N2O4S. The predicted octanol–water partition coefficient (Wildman–Crippen LogP) is 4.92. The molecule has 0 aliphatic heterocycles. The lowest BCUT2D eigenvalue weighted by molar-refractivity contribution is 0.0793. The van der Waals surface area contributed by atoms with Gasteiger partial charge in [-0.15, -0.1) is 11.8 Å². The lowest BCUT2D eigenvalue weighted by atomic mass is 10.1. The molecule has 1 aromatic heterocycles. The van der Waals surface area contributed by atoms with Gasteiger partial charge in [0.05, 0.1) is 25.5 Å². The summed E-state index contributed by atoms with van der Waals surface area (Å²) in [5.41, 5.74) is 3.75. The number of ether oxygens (including phenoxy) is 2. The maximum Gasteiger partial charge on any atom is 0.254 e. The first kappa shape index (κ1) is 22.7. The van der Waals surface area contributed by atoms with Crippen LogP contribution in [0.4, 0.5) is 0 Å². The Morgan fingerprint density at radius 2 is 1.84 bits per heavy atom. The van der Waals surface area contributed by atoms with E-state index in [0.717, 1.165) is 33.9 Å². The quantitative estimate of drug-likeness (QED) is 0.440. The molecule has 0 fully saturated rings. The van der Waals surface area contributed by atoms with Crippen molar-refractivity contribution in [2.24, 2.45) is 0 Å². The molecule has 0 bridgehead atoms. The molecule has 0 saturated heterocycles. The third-order valence-corrected chi connectivity index (χ3v) is 6.30. The number of carbonyl (C=O) groups excluding carboxylic acids is 1. The van der Waals surface area contributed by atoms with E-state index in [1.807, 2.05) is 63.4 Å². The number of methoxy groups -OCH3 is 2. The normalized spacial score (nSPS) is 10.7. The standard InChI is InChI=1S/C24H28N2O4S/c1-16-20(17(2)30-25-16)15-31-23-9-7-6-8-19(23)24(27)26(3)13-12-18-10-11-21(28-4)22(14-18)29-5/h6-11,14H,12-13,15H2,1-5H3. The van der Waals surface area contributed by atoms with Gasteiger partial charge >= 0.3 is 0 Å². The Labute approximate surface area is 187 Å². The van der Waals surface area contributed by atoms with Crippen molar-refractivity contribution < 1.29 is 18.8 Å². The molecule has 3 rings (SSSR count). The zero-order valence-corrected chi connectivity index (χ0v) is 19.4. The smallest absolute Gasteiger partial charge is 0.254 e. The van der Waals surface area contributed by atoms with Crippen LogP contribution in [0.15, 0.2) is 51.9 Å². The maximum absolute atomic E-state index is 13.1. The second kappa shape index (κ2) is 10.4. The summed E-state index contributed by atoms with van der Waals surface area (Å²) < 4.78 is 15.9. The van der Waals surface area contributed by atoms with Crippen molar-refractivity contribution in [3.8, 4) is 11.5 Å². The van der Waals surface area contributed by atoms with Gasteiger partial charge in [0.25, 0.3) is 5.91 Å². The van der Waals surface area contributed by atoms with Gasteiger partial charge in [-0.3, -0.25) is 4.79 Å². The average molecular weight is 441 g/mol. The largest absolute Gasteiger partial charge is 0.493 e. The molecule has 164 valence electrons. The molecule has 0 unspecified atom stereocenters. The molecule has 1 heterocycles. The number of hydrogen-bond acceptors (Lipinski definition) is 6. The first-order valence-corrected chi connectivity index (χ1v) is 11.0. The summed E-state index contributed by atoms with van der Waals surface area (Å²) in [7, 11) is 5.07. The van der Waals surface area contributed by atoms with Gasteiger partial charge < -0.3 is 18.9 Å². The Morgan fingerprint density at radius 3 is 2.52 bits per heavy atom. The van der Waals surface area contributed by atoms with Gasteiger partial charge in [-0.05, 0) is 50.1 Å². The molecule has 0 N–H and O–H groups in total. The number of thioether (sulfide) groups is 1. The third-order valence-electron chi connectivity index (χ3n) is 5.20. The minimum Gasteiger partial charge on any atom is -0.493 e. The first-order chi connectivity index (χ1) is 14.9. The van der Waals surface area contributed by atoms with E-state index in [2.05, 4.69) is 5.16 Å². The van der Waals surface area contributed by atoms with E-state index >= 15 is 0 Å². The molecule has 31 heavy (non-hydrogen) atoms. The minimum absolute atomic E-state index is 0.00217. The number of benzene rings is 2. The highest BCUT2D eigenvalue weighted by atomic mass is 32.2. The van der Waals surface area contributed by atoms with E-state index in [1.54, 1.807) is 30.9 Å². The number of aryl methyl sites for hydroxylation is 2. The highest BCUT2D eigenvalue weighted by Crippen LogP contribution is 2.30. The molecule has 0 saturated carbocycles. The van der Waals surface area contributed by atoms with E-state index in [4.69, 9.17) is 14.0 Å². The fourth-order valence-electron chi connectivity index (χ4n) is 3.27. The summed E-state index contributed by atoms with van der Waals surface area (Å²) >= 11 is 1.62. The second-order valence-electron chi connectivity index (χ2n) is 7.25. The van der Waals surface area contributed by atoms with Crippen LogP contribution in [0.1, 0.15) is 32.9 Å². The highest BCUT2D eigenvalue weighted by molar-refractivity contribution is 7.98. The molecule has 0 radical (unpaired) electrons. The van der Waals surface area contributed by atoms with E-state index in [0.29, 0.717) is 29.4 Å². The Morgan fingerprint density at radius 1 is 1.10 bits per heavy atom. The van der Waals surface area contributed by atoms with Crippen LogP contribution in [-0.2, 0) is 12.2 Å². The predicted molar refractivity (Wildman–Crippen MR) is 122 cm³/mol. The van der Waals surface area contributed by atoms with Crippen LogP contribution in [0.3, 0.4) is 0 Å². The van der Waals surface area contributed by atoms with Gasteiger partial charge in [0.15, 0.2) is 11.5 Å². The van der Waals surface area contributed by atoms with Crippen LogP contribution in [0.2, 0.25) is 0 Å². The van der Waals surface area contributed by atoms with Gasteiger partial charge in [0.2, 0.25) is 0 Å². The fraction of sp³-hybridized carbons (Fsp3) is 0.333. The van der Waals surface area contributed by atoms with Gasteiger partial charge in [-0.2, -0.15) is 0 Å². The molecule has 0 atom stereocenters. The Balaban J connectivity index is 1.67. The van der Waals surface area contributed by atoms with Gasteiger partial charge in [0.1, 0.15) is 5.76 Å². The van der Waals surface area contributed by atoms with E-state index in [-0.39, 0.29) is 5.91 Å². The van der Waals surface area contributed by atoms with Crippen molar-refractivity contribution in [2.75, 3.05) is 27.8 Å². The van der Waals surface area contributed by atoms with Crippen LogP contribution in [0.5, 0.6) is 11.5 Å². The van der Waals surface area contributed by atoms with Crippen LogP contribution >= 0.6 is 11.8 Å². The molecular weight excluding hydrogens is 412 g/mol. The summed E-state index contributed by atoms with van der Waals surface area (Å²) in [6, 6.07) is 13.5. The summed E-state index contributed by atoms with van der Waals surface area (Å²) in [5.74, 6) is 2.92. The number of nitrogens with zero attached hydrogens (tertiary/aromatic N) is 2. The number of hydrogen-bond donors (Lipinski definition) is 0. The lowest BCUT2D eigenvalue weighted by Crippen LogP contribution is -2.29.